The van der Waals surface area contributed by atoms with Gasteiger partial charge in [-0.05, 0) is 45.1 Å². The zero-order chi connectivity index (χ0) is 15.1. The van der Waals surface area contributed by atoms with Gasteiger partial charge in [-0.3, -0.25) is 4.79 Å². The molecule has 21 heavy (non-hydrogen) atoms. The third kappa shape index (κ3) is 4.94. The molecule has 4 unspecified atom stereocenters. The smallest absolute Gasteiger partial charge is 0.236 e. The molecule has 1 saturated carbocycles. The van der Waals surface area contributed by atoms with Crippen molar-refractivity contribution in [1.29, 1.82) is 0 Å². The molecule has 3 N–H and O–H groups in total. The molecule has 2 fully saturated rings. The van der Waals surface area contributed by atoms with Crippen LogP contribution in [-0.4, -0.2) is 50.8 Å². The Morgan fingerprint density at radius 1 is 1.29 bits per heavy atom. The van der Waals surface area contributed by atoms with Crippen molar-refractivity contribution >= 4 is 5.91 Å². The van der Waals surface area contributed by atoms with Gasteiger partial charge in [0.2, 0.25) is 5.91 Å². The summed E-state index contributed by atoms with van der Waals surface area (Å²) in [6.45, 7) is 4.27. The van der Waals surface area contributed by atoms with Crippen LogP contribution in [0.1, 0.15) is 45.4 Å². The van der Waals surface area contributed by atoms with Crippen molar-refractivity contribution < 1.29 is 9.53 Å². The summed E-state index contributed by atoms with van der Waals surface area (Å²) < 4.78 is 4.96. The van der Waals surface area contributed by atoms with E-state index in [2.05, 4.69) is 16.0 Å². The molecule has 1 aliphatic heterocycles. The van der Waals surface area contributed by atoms with E-state index >= 15 is 0 Å². The molecule has 0 radical (unpaired) electrons. The topological polar surface area (TPSA) is 62.4 Å². The Morgan fingerprint density at radius 3 is 2.81 bits per heavy atom. The monoisotopic (exact) mass is 297 g/mol. The average Bonchev–Trinajstić information content (AvgIpc) is 3.02. The zero-order valence-electron chi connectivity index (χ0n) is 13.5. The average molecular weight is 297 g/mol. The summed E-state index contributed by atoms with van der Waals surface area (Å²) in [7, 11) is 1.65. The van der Waals surface area contributed by atoms with E-state index in [1.165, 1.54) is 38.5 Å². The van der Waals surface area contributed by atoms with Crippen LogP contribution in [0.3, 0.4) is 0 Å². The van der Waals surface area contributed by atoms with Crippen LogP contribution in [0.4, 0.5) is 0 Å². The van der Waals surface area contributed by atoms with Crippen LogP contribution >= 0.6 is 0 Å². The Morgan fingerprint density at radius 2 is 2.10 bits per heavy atom. The first kappa shape index (κ1) is 16.7. The molecule has 122 valence electrons. The molecule has 0 aromatic rings. The molecule has 0 spiro atoms. The number of rotatable bonds is 7. The minimum absolute atomic E-state index is 0.0794. The van der Waals surface area contributed by atoms with Gasteiger partial charge in [-0.2, -0.15) is 0 Å². The molecule has 0 bridgehead atoms. The molecule has 1 amide bonds. The molecule has 0 aromatic heterocycles. The van der Waals surface area contributed by atoms with E-state index in [0.717, 1.165) is 6.54 Å². The second kappa shape index (κ2) is 8.71. The minimum Gasteiger partial charge on any atom is -0.383 e. The largest absolute Gasteiger partial charge is 0.383 e. The number of ether oxygens (including phenoxy) is 1. The van der Waals surface area contributed by atoms with Gasteiger partial charge in [-0.15, -0.1) is 0 Å². The molecule has 1 heterocycles. The lowest BCUT2D eigenvalue weighted by Crippen LogP contribution is -2.53. The molecule has 4 atom stereocenters. The Hall–Kier alpha value is -0.650. The minimum atomic E-state index is -0.131. The number of hydrogen-bond donors (Lipinski definition) is 3. The maximum absolute atomic E-state index is 12.1. The van der Waals surface area contributed by atoms with Gasteiger partial charge in [-0.1, -0.05) is 12.8 Å². The van der Waals surface area contributed by atoms with Gasteiger partial charge in [0.05, 0.1) is 12.6 Å². The molecule has 0 aromatic carbocycles. The van der Waals surface area contributed by atoms with Crippen LogP contribution in [-0.2, 0) is 9.53 Å². The fraction of sp³-hybridized carbons (Fsp3) is 0.938. The first-order valence-electron chi connectivity index (χ1n) is 8.48. The Kier molecular flexibility index (Phi) is 6.93. The molecule has 1 aliphatic carbocycles. The van der Waals surface area contributed by atoms with Gasteiger partial charge >= 0.3 is 0 Å². The SMILES string of the molecule is COCCNC(=O)C(C)NC1CCCCC1C1CCCN1. The third-order valence-corrected chi connectivity index (χ3v) is 4.90. The maximum atomic E-state index is 12.1. The van der Waals surface area contributed by atoms with E-state index in [1.54, 1.807) is 7.11 Å². The lowest BCUT2D eigenvalue weighted by atomic mass is 9.79. The van der Waals surface area contributed by atoms with E-state index in [1.807, 2.05) is 6.92 Å². The van der Waals surface area contributed by atoms with Gasteiger partial charge in [0.1, 0.15) is 0 Å². The Labute approximate surface area is 128 Å². The Bertz CT molecular complexity index is 319. The zero-order valence-corrected chi connectivity index (χ0v) is 13.5. The first-order valence-corrected chi connectivity index (χ1v) is 8.48. The highest BCUT2D eigenvalue weighted by atomic mass is 16.5. The highest BCUT2D eigenvalue weighted by Crippen LogP contribution is 2.30. The van der Waals surface area contributed by atoms with Crippen molar-refractivity contribution in [3.05, 3.63) is 0 Å². The second-order valence-electron chi connectivity index (χ2n) is 6.43. The van der Waals surface area contributed by atoms with Crippen molar-refractivity contribution in [3.8, 4) is 0 Å². The van der Waals surface area contributed by atoms with E-state index < -0.39 is 0 Å². The lowest BCUT2D eigenvalue weighted by Gasteiger charge is -2.37. The summed E-state index contributed by atoms with van der Waals surface area (Å²) in [6.07, 6.45) is 7.67. The fourth-order valence-electron chi connectivity index (χ4n) is 3.75. The highest BCUT2D eigenvalue weighted by Gasteiger charge is 2.34. The summed E-state index contributed by atoms with van der Waals surface area (Å²) in [5, 5.41) is 10.1. The number of amides is 1. The molecular weight excluding hydrogens is 266 g/mol. The summed E-state index contributed by atoms with van der Waals surface area (Å²) in [5.74, 6) is 0.756. The van der Waals surface area contributed by atoms with Gasteiger partial charge in [-0.25, -0.2) is 0 Å². The Balaban J connectivity index is 1.81. The second-order valence-corrected chi connectivity index (χ2v) is 6.43. The third-order valence-electron chi connectivity index (χ3n) is 4.90. The van der Waals surface area contributed by atoms with Gasteiger partial charge < -0.3 is 20.7 Å². The van der Waals surface area contributed by atoms with Crippen molar-refractivity contribution in [2.75, 3.05) is 26.8 Å². The summed E-state index contributed by atoms with van der Waals surface area (Å²) in [4.78, 5) is 12.1. The first-order chi connectivity index (χ1) is 10.2. The van der Waals surface area contributed by atoms with Gasteiger partial charge in [0.15, 0.2) is 0 Å². The van der Waals surface area contributed by atoms with Crippen LogP contribution in [0.2, 0.25) is 0 Å². The lowest BCUT2D eigenvalue weighted by molar-refractivity contribution is -0.123. The highest BCUT2D eigenvalue weighted by molar-refractivity contribution is 5.81. The van der Waals surface area contributed by atoms with E-state index in [9.17, 15) is 4.79 Å². The number of carbonyl (C=O) groups is 1. The number of methoxy groups -OCH3 is 1. The quantitative estimate of drug-likeness (QED) is 0.615. The van der Waals surface area contributed by atoms with Crippen LogP contribution in [0.5, 0.6) is 0 Å². The van der Waals surface area contributed by atoms with Gasteiger partial charge in [0, 0.05) is 25.7 Å². The molecule has 2 aliphatic rings. The maximum Gasteiger partial charge on any atom is 0.236 e. The van der Waals surface area contributed by atoms with Crippen LogP contribution in [0.15, 0.2) is 0 Å². The van der Waals surface area contributed by atoms with Crippen LogP contribution < -0.4 is 16.0 Å². The van der Waals surface area contributed by atoms with E-state index in [0.29, 0.717) is 31.2 Å². The van der Waals surface area contributed by atoms with Crippen molar-refractivity contribution in [2.24, 2.45) is 5.92 Å². The van der Waals surface area contributed by atoms with E-state index in [-0.39, 0.29) is 11.9 Å². The number of nitrogens with one attached hydrogen (secondary N) is 3. The number of hydrogen-bond acceptors (Lipinski definition) is 4. The fourth-order valence-corrected chi connectivity index (χ4v) is 3.75. The predicted octanol–water partition coefficient (Wildman–Crippen LogP) is 1.04. The summed E-state index contributed by atoms with van der Waals surface area (Å²) >= 11 is 0. The standard InChI is InChI=1S/C16H31N3O2/c1-12(16(20)18-10-11-21-2)19-15-7-4-3-6-13(15)14-8-5-9-17-14/h12-15,17,19H,3-11H2,1-2H3,(H,18,20). The molecule has 5 nitrogen and oxygen atoms in total. The molecular formula is C16H31N3O2. The summed E-state index contributed by atoms with van der Waals surface area (Å²) in [5.41, 5.74) is 0. The molecule has 5 heteroatoms. The van der Waals surface area contributed by atoms with Gasteiger partial charge in [0.25, 0.3) is 0 Å². The summed E-state index contributed by atoms with van der Waals surface area (Å²) in [6, 6.07) is 0.984. The van der Waals surface area contributed by atoms with E-state index in [4.69, 9.17) is 4.74 Å². The predicted molar refractivity (Wildman–Crippen MR) is 84.3 cm³/mol. The van der Waals surface area contributed by atoms with Crippen molar-refractivity contribution in [1.82, 2.24) is 16.0 Å². The van der Waals surface area contributed by atoms with Crippen LogP contribution in [0, 0.1) is 5.92 Å². The molecule has 2 rings (SSSR count). The normalized spacial score (nSPS) is 31.0. The van der Waals surface area contributed by atoms with Crippen LogP contribution in [0.25, 0.3) is 0 Å². The van der Waals surface area contributed by atoms with Crippen molar-refractivity contribution in [3.63, 3.8) is 0 Å². The molecule has 1 saturated heterocycles. The van der Waals surface area contributed by atoms with Crippen molar-refractivity contribution in [2.45, 2.75) is 63.6 Å². The number of carbonyl (C=O) groups excluding carboxylic acids is 1.